The fraction of sp³-hybridized carbons (Fsp3) is 0.600. The number of anilines is 1. The Morgan fingerprint density at radius 1 is 1.25 bits per heavy atom. The van der Waals surface area contributed by atoms with Crippen LogP contribution >= 0.6 is 0 Å². The number of hydrogen-bond acceptors (Lipinski definition) is 3. The maximum atomic E-state index is 12.1. The summed E-state index contributed by atoms with van der Waals surface area (Å²) < 4.78 is 26.9. The summed E-state index contributed by atoms with van der Waals surface area (Å²) in [6.45, 7) is 2.80. The van der Waals surface area contributed by atoms with Crippen LogP contribution in [0.3, 0.4) is 0 Å². The van der Waals surface area contributed by atoms with Crippen LogP contribution < -0.4 is 10.5 Å². The van der Waals surface area contributed by atoms with Crippen molar-refractivity contribution in [2.75, 3.05) is 12.3 Å². The smallest absolute Gasteiger partial charge is 0.240 e. The zero-order valence-corrected chi connectivity index (χ0v) is 12.8. The second-order valence-corrected chi connectivity index (χ2v) is 7.65. The monoisotopic (exact) mass is 296 g/mol. The molecule has 5 heteroatoms. The van der Waals surface area contributed by atoms with E-state index in [0.717, 1.165) is 12.3 Å². The Bertz CT molecular complexity index is 535. The molecular weight excluding hydrogens is 272 g/mol. The number of nitrogen functional groups attached to an aromatic ring is 1. The lowest BCUT2D eigenvalue weighted by molar-refractivity contribution is 0.278. The summed E-state index contributed by atoms with van der Waals surface area (Å²) in [5, 5.41) is 0. The lowest BCUT2D eigenvalue weighted by Crippen LogP contribution is -2.27. The van der Waals surface area contributed by atoms with Crippen LogP contribution in [-0.4, -0.2) is 15.0 Å². The summed E-state index contributed by atoms with van der Waals surface area (Å²) in [4.78, 5) is 0.245. The summed E-state index contributed by atoms with van der Waals surface area (Å²) in [5.74, 6) is 1.49. The number of rotatable bonds is 5. The molecule has 1 aliphatic carbocycles. The van der Waals surface area contributed by atoms with Crippen molar-refractivity contribution in [2.24, 2.45) is 11.8 Å². The molecule has 1 fully saturated rings. The number of sulfonamides is 1. The minimum Gasteiger partial charge on any atom is -0.399 e. The molecule has 3 N–H and O–H groups in total. The van der Waals surface area contributed by atoms with Crippen LogP contribution in [0.4, 0.5) is 5.69 Å². The molecule has 0 unspecified atom stereocenters. The van der Waals surface area contributed by atoms with Crippen LogP contribution in [0, 0.1) is 11.8 Å². The summed E-state index contributed by atoms with van der Waals surface area (Å²) in [6.07, 6.45) is 5.91. The minimum absolute atomic E-state index is 0.245. The molecule has 0 heterocycles. The molecule has 1 saturated carbocycles. The van der Waals surface area contributed by atoms with Crippen LogP contribution in [0.2, 0.25) is 0 Å². The van der Waals surface area contributed by atoms with Crippen LogP contribution in [0.25, 0.3) is 0 Å². The van der Waals surface area contributed by atoms with Crippen molar-refractivity contribution >= 4 is 15.7 Å². The summed E-state index contributed by atoms with van der Waals surface area (Å²) in [5.41, 5.74) is 6.09. The normalized spacial score (nSPS) is 23.6. The standard InChI is InChI=1S/C15H24N2O2S/c1-12-5-7-13(8-6-12)9-10-17-20(18,19)15-4-2-3-14(16)11-15/h2-4,11-13,17H,5-10,16H2,1H3. The molecule has 0 atom stereocenters. The zero-order valence-electron chi connectivity index (χ0n) is 12.0. The average molecular weight is 296 g/mol. The van der Waals surface area contributed by atoms with E-state index >= 15 is 0 Å². The summed E-state index contributed by atoms with van der Waals surface area (Å²) in [6, 6.07) is 6.40. The molecular formula is C15H24N2O2S. The van der Waals surface area contributed by atoms with E-state index in [0.29, 0.717) is 18.2 Å². The van der Waals surface area contributed by atoms with Crippen molar-refractivity contribution < 1.29 is 8.42 Å². The average Bonchev–Trinajstić information content (AvgIpc) is 2.41. The van der Waals surface area contributed by atoms with Gasteiger partial charge in [0.2, 0.25) is 10.0 Å². The predicted molar refractivity (Wildman–Crippen MR) is 81.8 cm³/mol. The van der Waals surface area contributed by atoms with Crippen molar-refractivity contribution in [3.63, 3.8) is 0 Å². The third-order valence-corrected chi connectivity index (χ3v) is 5.61. The molecule has 1 aromatic carbocycles. The van der Waals surface area contributed by atoms with Crippen LogP contribution in [-0.2, 0) is 10.0 Å². The third-order valence-electron chi connectivity index (χ3n) is 4.15. The topological polar surface area (TPSA) is 72.2 Å². The van der Waals surface area contributed by atoms with E-state index in [1.807, 2.05) is 0 Å². The zero-order chi connectivity index (χ0) is 14.6. The van der Waals surface area contributed by atoms with Gasteiger partial charge in [-0.25, -0.2) is 13.1 Å². The van der Waals surface area contributed by atoms with Crippen LogP contribution in [0.15, 0.2) is 29.2 Å². The van der Waals surface area contributed by atoms with Crippen molar-refractivity contribution in [1.82, 2.24) is 4.72 Å². The van der Waals surface area contributed by atoms with Gasteiger partial charge in [-0.3, -0.25) is 0 Å². The Labute approximate surface area is 121 Å². The Balaban J connectivity index is 1.84. The highest BCUT2D eigenvalue weighted by molar-refractivity contribution is 7.89. The van der Waals surface area contributed by atoms with E-state index in [4.69, 9.17) is 5.73 Å². The molecule has 4 nitrogen and oxygen atoms in total. The molecule has 1 aromatic rings. The molecule has 1 aliphatic rings. The highest BCUT2D eigenvalue weighted by Crippen LogP contribution is 2.30. The lowest BCUT2D eigenvalue weighted by atomic mass is 9.81. The molecule has 20 heavy (non-hydrogen) atoms. The fourth-order valence-electron chi connectivity index (χ4n) is 2.78. The molecule has 0 aromatic heterocycles. The van der Waals surface area contributed by atoms with Gasteiger partial charge in [-0.05, 0) is 36.5 Å². The molecule has 0 saturated heterocycles. The second-order valence-electron chi connectivity index (χ2n) is 5.88. The number of benzene rings is 1. The van der Waals surface area contributed by atoms with Crippen LogP contribution in [0.1, 0.15) is 39.0 Å². The Kier molecular flexibility index (Phi) is 5.05. The van der Waals surface area contributed by atoms with Gasteiger partial charge in [0.15, 0.2) is 0 Å². The highest BCUT2D eigenvalue weighted by atomic mass is 32.2. The van der Waals surface area contributed by atoms with Crippen LogP contribution in [0.5, 0.6) is 0 Å². The number of hydrogen-bond donors (Lipinski definition) is 2. The first-order chi connectivity index (χ1) is 9.47. The quantitative estimate of drug-likeness (QED) is 0.821. The highest BCUT2D eigenvalue weighted by Gasteiger charge is 2.19. The Morgan fingerprint density at radius 2 is 1.95 bits per heavy atom. The van der Waals surface area contributed by atoms with Crippen molar-refractivity contribution in [3.8, 4) is 0 Å². The molecule has 0 aliphatic heterocycles. The van der Waals surface area contributed by atoms with Crippen molar-refractivity contribution in [3.05, 3.63) is 24.3 Å². The molecule has 0 amide bonds. The Morgan fingerprint density at radius 3 is 2.60 bits per heavy atom. The first-order valence-corrected chi connectivity index (χ1v) is 8.81. The third kappa shape index (κ3) is 4.21. The van der Waals surface area contributed by atoms with Gasteiger partial charge in [0.25, 0.3) is 0 Å². The van der Waals surface area contributed by atoms with Gasteiger partial charge in [0.05, 0.1) is 4.90 Å². The van der Waals surface area contributed by atoms with Crippen molar-refractivity contribution in [1.29, 1.82) is 0 Å². The fourth-order valence-corrected chi connectivity index (χ4v) is 3.88. The first-order valence-electron chi connectivity index (χ1n) is 7.32. The second kappa shape index (κ2) is 6.59. The lowest BCUT2D eigenvalue weighted by Gasteiger charge is -2.26. The largest absolute Gasteiger partial charge is 0.399 e. The first kappa shape index (κ1) is 15.3. The number of nitrogens with two attached hydrogens (primary N) is 1. The van der Waals surface area contributed by atoms with Gasteiger partial charge in [-0.15, -0.1) is 0 Å². The van der Waals surface area contributed by atoms with Gasteiger partial charge in [-0.1, -0.05) is 38.7 Å². The summed E-state index contributed by atoms with van der Waals surface area (Å²) >= 11 is 0. The van der Waals surface area contributed by atoms with Gasteiger partial charge in [-0.2, -0.15) is 0 Å². The number of nitrogens with one attached hydrogen (secondary N) is 1. The van der Waals surface area contributed by atoms with Crippen molar-refractivity contribution in [2.45, 2.75) is 43.9 Å². The maximum Gasteiger partial charge on any atom is 0.240 e. The minimum atomic E-state index is -3.42. The SMILES string of the molecule is CC1CCC(CCNS(=O)(=O)c2cccc(N)c2)CC1. The van der Waals surface area contributed by atoms with Gasteiger partial charge >= 0.3 is 0 Å². The molecule has 0 spiro atoms. The molecule has 2 rings (SSSR count). The van der Waals surface area contributed by atoms with E-state index < -0.39 is 10.0 Å². The molecule has 0 bridgehead atoms. The van der Waals surface area contributed by atoms with E-state index in [-0.39, 0.29) is 4.90 Å². The van der Waals surface area contributed by atoms with Gasteiger partial charge in [0.1, 0.15) is 0 Å². The molecule has 0 radical (unpaired) electrons. The molecule has 112 valence electrons. The maximum absolute atomic E-state index is 12.1. The van der Waals surface area contributed by atoms with E-state index in [1.54, 1.807) is 18.2 Å². The Hall–Kier alpha value is -1.07. The van der Waals surface area contributed by atoms with E-state index in [9.17, 15) is 8.42 Å². The summed E-state index contributed by atoms with van der Waals surface area (Å²) in [7, 11) is -3.42. The van der Waals surface area contributed by atoms with Gasteiger partial charge in [0, 0.05) is 12.2 Å². The van der Waals surface area contributed by atoms with E-state index in [1.165, 1.54) is 31.7 Å². The predicted octanol–water partition coefficient (Wildman–Crippen LogP) is 2.76. The van der Waals surface area contributed by atoms with Gasteiger partial charge < -0.3 is 5.73 Å². The van der Waals surface area contributed by atoms with E-state index in [2.05, 4.69) is 11.6 Å².